The van der Waals surface area contributed by atoms with Crippen LogP contribution in [0.1, 0.15) is 37.4 Å². The number of nitrogens with one attached hydrogen (secondary N) is 1. The van der Waals surface area contributed by atoms with Gasteiger partial charge in [-0.25, -0.2) is 8.42 Å². The Morgan fingerprint density at radius 3 is 2.50 bits per heavy atom. The number of nitrogens with zero attached hydrogens (tertiary/aromatic N) is 1. The molecule has 0 aromatic heterocycles. The summed E-state index contributed by atoms with van der Waals surface area (Å²) in [6, 6.07) is 12.1. The smallest absolute Gasteiger partial charge is 0.241 e. The van der Waals surface area contributed by atoms with Crippen molar-refractivity contribution in [1.82, 2.24) is 5.32 Å². The lowest BCUT2D eigenvalue weighted by atomic mass is 9.89. The number of hydrogen-bond acceptors (Lipinski definition) is 5. The number of benzene rings is 2. The molecule has 1 N–H and O–H groups in total. The molecule has 2 aromatic rings. The highest BCUT2D eigenvalue weighted by atomic mass is 32.2. The second kappa shape index (κ2) is 8.18. The van der Waals surface area contributed by atoms with Gasteiger partial charge in [-0.2, -0.15) is 0 Å². The van der Waals surface area contributed by atoms with Gasteiger partial charge < -0.3 is 14.8 Å². The fraction of sp³-hybridized carbons (Fsp3) is 0.409. The van der Waals surface area contributed by atoms with Crippen molar-refractivity contribution >= 4 is 21.6 Å². The van der Waals surface area contributed by atoms with Crippen molar-refractivity contribution in [2.24, 2.45) is 0 Å². The van der Waals surface area contributed by atoms with Crippen LogP contribution in [0, 0.1) is 6.92 Å². The molecule has 3 rings (SSSR count). The van der Waals surface area contributed by atoms with E-state index in [4.69, 9.17) is 9.47 Å². The van der Waals surface area contributed by atoms with Crippen molar-refractivity contribution in [1.29, 1.82) is 0 Å². The molecule has 0 saturated carbocycles. The van der Waals surface area contributed by atoms with Crippen LogP contribution in [0.4, 0.5) is 5.69 Å². The van der Waals surface area contributed by atoms with E-state index in [1.807, 2.05) is 39.0 Å². The van der Waals surface area contributed by atoms with Gasteiger partial charge in [0.1, 0.15) is 23.6 Å². The van der Waals surface area contributed by atoms with E-state index in [-0.39, 0.29) is 18.5 Å². The van der Waals surface area contributed by atoms with Gasteiger partial charge in [0.25, 0.3) is 0 Å². The van der Waals surface area contributed by atoms with E-state index in [0.29, 0.717) is 17.9 Å². The molecule has 162 valence electrons. The van der Waals surface area contributed by atoms with Crippen molar-refractivity contribution in [3.63, 3.8) is 0 Å². The molecule has 0 aliphatic carbocycles. The lowest BCUT2D eigenvalue weighted by molar-refractivity contribution is -0.120. The number of sulfonamides is 1. The Bertz CT molecular complexity index is 1030. The average molecular weight is 433 g/mol. The molecule has 0 fully saturated rings. The maximum atomic E-state index is 12.9. The molecule has 1 amide bonds. The first kappa shape index (κ1) is 22.0. The fourth-order valence-electron chi connectivity index (χ4n) is 3.62. The summed E-state index contributed by atoms with van der Waals surface area (Å²) in [7, 11) is -2.12. The van der Waals surface area contributed by atoms with Crippen LogP contribution in [0.3, 0.4) is 0 Å². The largest absolute Gasteiger partial charge is 0.497 e. The van der Waals surface area contributed by atoms with Gasteiger partial charge in [-0.05, 0) is 51.1 Å². The number of rotatable bonds is 6. The minimum absolute atomic E-state index is 0.270. The van der Waals surface area contributed by atoms with Gasteiger partial charge in [-0.1, -0.05) is 17.7 Å². The fourth-order valence-corrected chi connectivity index (χ4v) is 4.48. The van der Waals surface area contributed by atoms with Crippen molar-refractivity contribution in [3.8, 4) is 11.5 Å². The monoisotopic (exact) mass is 432 g/mol. The summed E-state index contributed by atoms with van der Waals surface area (Å²) < 4.78 is 37.0. The van der Waals surface area contributed by atoms with Crippen LogP contribution >= 0.6 is 0 Å². The Hall–Kier alpha value is -2.74. The number of aryl methyl sites for hydroxylation is 1. The average Bonchev–Trinajstić information content (AvgIpc) is 2.65. The highest BCUT2D eigenvalue weighted by Crippen LogP contribution is 2.39. The quantitative estimate of drug-likeness (QED) is 0.758. The maximum Gasteiger partial charge on any atom is 0.241 e. The Kier molecular flexibility index (Phi) is 5.99. The molecule has 0 spiro atoms. The van der Waals surface area contributed by atoms with Crippen LogP contribution in [0.15, 0.2) is 42.5 Å². The van der Waals surface area contributed by atoms with Gasteiger partial charge in [0.15, 0.2) is 0 Å². The summed E-state index contributed by atoms with van der Waals surface area (Å²) in [6.07, 6.45) is 1.66. The molecule has 1 aliphatic rings. The predicted octanol–water partition coefficient (Wildman–Crippen LogP) is 3.19. The molecule has 0 radical (unpaired) electrons. The van der Waals surface area contributed by atoms with Crippen LogP contribution in [-0.4, -0.2) is 39.8 Å². The third kappa shape index (κ3) is 5.05. The zero-order valence-electron chi connectivity index (χ0n) is 17.9. The van der Waals surface area contributed by atoms with Gasteiger partial charge >= 0.3 is 0 Å². The van der Waals surface area contributed by atoms with Crippen molar-refractivity contribution in [3.05, 3.63) is 53.6 Å². The van der Waals surface area contributed by atoms with Crippen molar-refractivity contribution in [2.75, 3.05) is 24.2 Å². The lowest BCUT2D eigenvalue weighted by Crippen LogP contribution is -2.45. The second-order valence-corrected chi connectivity index (χ2v) is 10.1. The van der Waals surface area contributed by atoms with Crippen molar-refractivity contribution < 1.29 is 22.7 Å². The van der Waals surface area contributed by atoms with Gasteiger partial charge in [-0.3, -0.25) is 9.10 Å². The zero-order chi connectivity index (χ0) is 22.1. The highest BCUT2D eigenvalue weighted by Gasteiger charge is 2.35. The van der Waals surface area contributed by atoms with E-state index < -0.39 is 15.6 Å². The Labute approximate surface area is 178 Å². The second-order valence-electron chi connectivity index (χ2n) is 8.19. The maximum absolute atomic E-state index is 12.9. The van der Waals surface area contributed by atoms with E-state index in [9.17, 15) is 13.2 Å². The van der Waals surface area contributed by atoms with Crippen LogP contribution in [0.2, 0.25) is 0 Å². The van der Waals surface area contributed by atoms with Crippen LogP contribution in [0.25, 0.3) is 0 Å². The summed E-state index contributed by atoms with van der Waals surface area (Å²) in [5.74, 6) is 0.955. The molecule has 0 saturated heterocycles. The van der Waals surface area contributed by atoms with Crippen LogP contribution in [-0.2, 0) is 14.8 Å². The summed E-state index contributed by atoms with van der Waals surface area (Å²) in [6.45, 7) is 5.60. The molecule has 1 atom stereocenters. The van der Waals surface area contributed by atoms with Crippen LogP contribution < -0.4 is 19.1 Å². The molecule has 8 heteroatoms. The number of carbonyl (C=O) groups excluding carboxylic acids is 1. The van der Waals surface area contributed by atoms with E-state index in [0.717, 1.165) is 27.4 Å². The topological polar surface area (TPSA) is 84.9 Å². The number of ether oxygens (including phenoxy) is 2. The third-order valence-corrected chi connectivity index (χ3v) is 6.15. The number of amides is 1. The zero-order valence-corrected chi connectivity index (χ0v) is 18.7. The van der Waals surface area contributed by atoms with Gasteiger partial charge in [-0.15, -0.1) is 0 Å². The third-order valence-electron chi connectivity index (χ3n) is 5.01. The Balaban J connectivity index is 1.83. The highest BCUT2D eigenvalue weighted by molar-refractivity contribution is 7.92. The molecule has 1 aliphatic heterocycles. The van der Waals surface area contributed by atoms with Crippen LogP contribution in [0.5, 0.6) is 11.5 Å². The number of carbonyl (C=O) groups is 1. The summed E-state index contributed by atoms with van der Waals surface area (Å²) in [5, 5.41) is 3.00. The normalized spacial score (nSPS) is 17.4. The SMILES string of the molecule is COc1ccc(N(CC(=O)N[C@H]2CC(C)(C)Oc3ccc(C)cc32)S(C)(=O)=O)cc1. The molecule has 2 aromatic carbocycles. The number of fused-ring (bicyclic) bond motifs is 1. The molecule has 1 heterocycles. The molecular formula is C22H28N2O5S. The standard InChI is InChI=1S/C22H28N2O5S/c1-15-6-11-20-18(12-15)19(13-22(2,3)29-20)23-21(25)14-24(30(5,26)27)16-7-9-17(28-4)10-8-16/h6-12,19H,13-14H2,1-5H3,(H,23,25)/t19-/m0/s1. The molecule has 7 nitrogen and oxygen atoms in total. The first-order chi connectivity index (χ1) is 14.0. The lowest BCUT2D eigenvalue weighted by Gasteiger charge is -2.38. The van der Waals surface area contributed by atoms with Gasteiger partial charge in [0, 0.05) is 12.0 Å². The predicted molar refractivity (Wildman–Crippen MR) is 117 cm³/mol. The summed E-state index contributed by atoms with van der Waals surface area (Å²) in [4.78, 5) is 12.9. The van der Waals surface area contributed by atoms with E-state index >= 15 is 0 Å². The summed E-state index contributed by atoms with van der Waals surface area (Å²) in [5.41, 5.74) is 1.91. The van der Waals surface area contributed by atoms with Gasteiger partial charge in [0.2, 0.25) is 15.9 Å². The Morgan fingerprint density at radius 1 is 1.23 bits per heavy atom. The van der Waals surface area contributed by atoms with Gasteiger partial charge in [0.05, 0.1) is 25.1 Å². The minimum Gasteiger partial charge on any atom is -0.497 e. The molecule has 30 heavy (non-hydrogen) atoms. The number of anilines is 1. The summed E-state index contributed by atoms with van der Waals surface area (Å²) >= 11 is 0. The molecule has 0 bridgehead atoms. The first-order valence-corrected chi connectivity index (χ1v) is 11.5. The molecule has 0 unspecified atom stereocenters. The van der Waals surface area contributed by atoms with Crippen molar-refractivity contribution in [2.45, 2.75) is 38.8 Å². The number of methoxy groups -OCH3 is 1. The minimum atomic E-state index is -3.66. The molecular weight excluding hydrogens is 404 g/mol. The Morgan fingerprint density at radius 2 is 1.90 bits per heavy atom. The van der Waals surface area contributed by atoms with E-state index in [1.165, 1.54) is 7.11 Å². The number of hydrogen-bond donors (Lipinski definition) is 1. The van der Waals surface area contributed by atoms with E-state index in [1.54, 1.807) is 24.3 Å². The van der Waals surface area contributed by atoms with E-state index in [2.05, 4.69) is 5.32 Å². The first-order valence-electron chi connectivity index (χ1n) is 9.69.